The van der Waals surface area contributed by atoms with Crippen molar-refractivity contribution in [2.45, 2.75) is 12.3 Å². The van der Waals surface area contributed by atoms with Gasteiger partial charge in [0.15, 0.2) is 11.8 Å². The smallest absolute Gasteiger partial charge is 0.435 e. The van der Waals surface area contributed by atoms with Crippen LogP contribution in [-0.2, 0) is 18.0 Å². The molecule has 0 aliphatic heterocycles. The number of carbonyl (C=O) groups is 1. The predicted molar refractivity (Wildman–Crippen MR) is 40.8 cm³/mol. The second-order valence-electron chi connectivity index (χ2n) is 2.85. The molecule has 1 atom stereocenters. The molecular formula is C7H7F3N2O3. The maximum Gasteiger partial charge on any atom is 0.435 e. The Morgan fingerprint density at radius 1 is 1.60 bits per heavy atom. The van der Waals surface area contributed by atoms with Gasteiger partial charge in [-0.1, -0.05) is 0 Å². The van der Waals surface area contributed by atoms with Crippen LogP contribution in [0.4, 0.5) is 13.2 Å². The van der Waals surface area contributed by atoms with E-state index in [0.717, 1.165) is 10.9 Å². The van der Waals surface area contributed by atoms with Crippen LogP contribution in [0, 0.1) is 0 Å². The van der Waals surface area contributed by atoms with E-state index in [0.29, 0.717) is 0 Å². The Kier molecular flexibility index (Phi) is 2.71. The molecule has 0 aliphatic carbocycles. The highest BCUT2D eigenvalue weighted by molar-refractivity contribution is 5.74. The lowest BCUT2D eigenvalue weighted by molar-refractivity contribution is -0.150. The number of alkyl halides is 3. The van der Waals surface area contributed by atoms with Crippen molar-refractivity contribution in [3.05, 3.63) is 17.5 Å². The molecule has 0 saturated carbocycles. The highest BCUT2D eigenvalue weighted by Gasteiger charge is 2.40. The van der Waals surface area contributed by atoms with Crippen LogP contribution < -0.4 is 0 Å². The molecule has 1 heterocycles. The maximum atomic E-state index is 12.3. The molecule has 1 unspecified atom stereocenters. The molecule has 0 aromatic carbocycles. The van der Waals surface area contributed by atoms with Crippen molar-refractivity contribution in [3.8, 4) is 0 Å². The normalized spacial score (nSPS) is 13.9. The van der Waals surface area contributed by atoms with E-state index in [1.54, 1.807) is 0 Å². The summed E-state index contributed by atoms with van der Waals surface area (Å²) in [5.74, 6) is -1.76. The summed E-state index contributed by atoms with van der Waals surface area (Å²) in [6.45, 7) is 0. The van der Waals surface area contributed by atoms with Crippen molar-refractivity contribution in [2.75, 3.05) is 0 Å². The van der Waals surface area contributed by atoms with Crippen molar-refractivity contribution in [2.24, 2.45) is 7.05 Å². The van der Waals surface area contributed by atoms with Gasteiger partial charge in [-0.15, -0.1) is 0 Å². The summed E-state index contributed by atoms with van der Waals surface area (Å²) in [4.78, 5) is 10.3. The molecular weight excluding hydrogens is 217 g/mol. The van der Waals surface area contributed by atoms with Gasteiger partial charge in [0, 0.05) is 18.8 Å². The average Bonchev–Trinajstić information content (AvgIpc) is 2.44. The quantitative estimate of drug-likeness (QED) is 0.769. The summed E-state index contributed by atoms with van der Waals surface area (Å²) < 4.78 is 37.7. The molecule has 2 N–H and O–H groups in total. The number of aryl methyl sites for hydroxylation is 1. The van der Waals surface area contributed by atoms with Gasteiger partial charge < -0.3 is 10.2 Å². The number of aliphatic hydroxyl groups excluding tert-OH is 1. The third kappa shape index (κ3) is 2.27. The van der Waals surface area contributed by atoms with Crippen molar-refractivity contribution >= 4 is 5.97 Å². The number of hydrogen-bond donors (Lipinski definition) is 2. The Morgan fingerprint density at radius 2 is 2.13 bits per heavy atom. The van der Waals surface area contributed by atoms with Gasteiger partial charge in [-0.25, -0.2) is 4.79 Å². The van der Waals surface area contributed by atoms with Gasteiger partial charge in [-0.2, -0.15) is 18.3 Å². The van der Waals surface area contributed by atoms with Crippen molar-refractivity contribution in [1.82, 2.24) is 9.78 Å². The van der Waals surface area contributed by atoms with E-state index >= 15 is 0 Å². The fraction of sp³-hybridized carbons (Fsp3) is 0.429. The standard InChI is InChI=1S/C7H7F3N2O3/c1-12-2-3(4(13)6(14)15)5(11-12)7(8,9)10/h2,4,13H,1H3,(H,14,15). The molecule has 8 heteroatoms. The molecule has 84 valence electrons. The molecule has 0 saturated heterocycles. The van der Waals surface area contributed by atoms with Crippen LogP contribution in [0.1, 0.15) is 17.4 Å². The molecule has 1 aromatic rings. The zero-order chi connectivity index (χ0) is 11.8. The first-order valence-corrected chi connectivity index (χ1v) is 3.75. The fourth-order valence-electron chi connectivity index (χ4n) is 1.06. The number of aromatic nitrogens is 2. The summed E-state index contributed by atoms with van der Waals surface area (Å²) >= 11 is 0. The first-order valence-electron chi connectivity index (χ1n) is 3.75. The third-order valence-electron chi connectivity index (χ3n) is 1.65. The largest absolute Gasteiger partial charge is 0.479 e. The van der Waals surface area contributed by atoms with Crippen LogP contribution in [0.3, 0.4) is 0 Å². The van der Waals surface area contributed by atoms with E-state index in [9.17, 15) is 18.0 Å². The zero-order valence-corrected chi connectivity index (χ0v) is 7.49. The Bertz CT molecular complexity index is 385. The molecule has 0 spiro atoms. The summed E-state index contributed by atoms with van der Waals surface area (Å²) in [5, 5.41) is 20.4. The number of halogens is 3. The van der Waals surface area contributed by atoms with Crippen LogP contribution in [0.2, 0.25) is 0 Å². The van der Waals surface area contributed by atoms with Crippen LogP contribution in [0.25, 0.3) is 0 Å². The van der Waals surface area contributed by atoms with E-state index in [2.05, 4.69) is 5.10 Å². The number of carboxylic acid groups (broad SMARTS) is 1. The number of aliphatic hydroxyl groups is 1. The van der Waals surface area contributed by atoms with E-state index in [1.165, 1.54) is 7.05 Å². The van der Waals surface area contributed by atoms with Crippen LogP contribution in [0.5, 0.6) is 0 Å². The first-order chi connectivity index (χ1) is 6.73. The molecule has 0 fully saturated rings. The van der Waals surface area contributed by atoms with Crippen LogP contribution in [-0.4, -0.2) is 26.0 Å². The highest BCUT2D eigenvalue weighted by Crippen LogP contribution is 2.33. The molecule has 1 rings (SSSR count). The number of rotatable bonds is 2. The first kappa shape index (κ1) is 11.5. The Balaban J connectivity index is 3.24. The van der Waals surface area contributed by atoms with Crippen molar-refractivity contribution < 1.29 is 28.2 Å². The molecule has 0 radical (unpaired) electrons. The van der Waals surface area contributed by atoms with Crippen molar-refractivity contribution in [1.29, 1.82) is 0 Å². The van der Waals surface area contributed by atoms with Crippen LogP contribution in [0.15, 0.2) is 6.20 Å². The number of hydrogen-bond acceptors (Lipinski definition) is 3. The maximum absolute atomic E-state index is 12.3. The minimum atomic E-state index is -4.78. The second kappa shape index (κ2) is 3.54. The summed E-state index contributed by atoms with van der Waals surface area (Å²) in [7, 11) is 1.20. The highest BCUT2D eigenvalue weighted by atomic mass is 19.4. The molecule has 0 amide bonds. The van der Waals surface area contributed by atoms with E-state index < -0.39 is 29.5 Å². The molecule has 5 nitrogen and oxygen atoms in total. The minimum absolute atomic E-state index is 0.766. The molecule has 15 heavy (non-hydrogen) atoms. The molecule has 0 bridgehead atoms. The van der Waals surface area contributed by atoms with Crippen molar-refractivity contribution in [3.63, 3.8) is 0 Å². The van der Waals surface area contributed by atoms with Gasteiger partial charge in [0.1, 0.15) is 0 Å². The number of carboxylic acids is 1. The number of nitrogens with zero attached hydrogens (tertiary/aromatic N) is 2. The SMILES string of the molecule is Cn1cc(C(O)C(=O)O)c(C(F)(F)F)n1. The van der Waals surface area contributed by atoms with Gasteiger partial charge in [-0.05, 0) is 0 Å². The number of aliphatic carboxylic acids is 1. The lowest BCUT2D eigenvalue weighted by Crippen LogP contribution is -2.16. The third-order valence-corrected chi connectivity index (χ3v) is 1.65. The lowest BCUT2D eigenvalue weighted by Gasteiger charge is -2.07. The summed E-state index contributed by atoms with van der Waals surface area (Å²) in [5.41, 5.74) is -2.16. The minimum Gasteiger partial charge on any atom is -0.479 e. The fourth-order valence-corrected chi connectivity index (χ4v) is 1.06. The lowest BCUT2D eigenvalue weighted by atomic mass is 10.1. The average molecular weight is 224 g/mol. The Hall–Kier alpha value is -1.57. The second-order valence-corrected chi connectivity index (χ2v) is 2.85. The molecule has 0 aliphatic rings. The monoisotopic (exact) mass is 224 g/mol. The van der Waals surface area contributed by atoms with E-state index in [4.69, 9.17) is 10.2 Å². The summed E-state index contributed by atoms with van der Waals surface area (Å²) in [6.07, 6.45) is -6.19. The Labute approximate surface area is 81.7 Å². The van der Waals surface area contributed by atoms with E-state index in [1.807, 2.05) is 0 Å². The molecule has 1 aromatic heterocycles. The van der Waals surface area contributed by atoms with Gasteiger partial charge in [-0.3, -0.25) is 4.68 Å². The van der Waals surface area contributed by atoms with Crippen LogP contribution >= 0.6 is 0 Å². The Morgan fingerprint density at radius 3 is 2.53 bits per heavy atom. The topological polar surface area (TPSA) is 75.4 Å². The van der Waals surface area contributed by atoms with Gasteiger partial charge in [0.2, 0.25) is 0 Å². The van der Waals surface area contributed by atoms with Gasteiger partial charge in [0.25, 0.3) is 0 Å². The van der Waals surface area contributed by atoms with E-state index in [-0.39, 0.29) is 0 Å². The predicted octanol–water partition coefficient (Wildman–Crippen LogP) is 0.557. The zero-order valence-electron chi connectivity index (χ0n) is 7.49. The van der Waals surface area contributed by atoms with Gasteiger partial charge >= 0.3 is 12.1 Å². The van der Waals surface area contributed by atoms with Gasteiger partial charge in [0.05, 0.1) is 0 Å². The summed E-state index contributed by atoms with van der Waals surface area (Å²) in [6, 6.07) is 0.